The molecule has 1 aromatic carbocycles. The average molecular weight is 406 g/mol. The molecule has 2 heterocycles. The largest absolute Gasteiger partial charge is 0.506 e. The first-order valence-corrected chi connectivity index (χ1v) is 10.2. The van der Waals surface area contributed by atoms with E-state index in [9.17, 15) is 14.7 Å². The highest BCUT2D eigenvalue weighted by Crippen LogP contribution is 2.26. The van der Waals surface area contributed by atoms with Crippen molar-refractivity contribution in [2.24, 2.45) is 5.10 Å². The molecule has 0 aliphatic rings. The van der Waals surface area contributed by atoms with Crippen molar-refractivity contribution >= 4 is 23.0 Å². The van der Waals surface area contributed by atoms with Crippen LogP contribution in [0.3, 0.4) is 0 Å². The van der Waals surface area contributed by atoms with E-state index in [0.717, 1.165) is 32.1 Å². The highest BCUT2D eigenvalue weighted by molar-refractivity contribution is 6.02. The summed E-state index contributed by atoms with van der Waals surface area (Å²) in [5.41, 5.74) is 2.83. The van der Waals surface area contributed by atoms with Gasteiger partial charge in [-0.1, -0.05) is 50.8 Å². The molecule has 0 bridgehead atoms. The van der Waals surface area contributed by atoms with Gasteiger partial charge in [0.2, 0.25) is 0 Å². The number of para-hydroxylation sites is 1. The molecule has 1 amide bonds. The van der Waals surface area contributed by atoms with Crippen LogP contribution >= 0.6 is 0 Å². The van der Waals surface area contributed by atoms with Gasteiger partial charge in [0.1, 0.15) is 11.3 Å². The van der Waals surface area contributed by atoms with Crippen LogP contribution in [-0.2, 0) is 6.54 Å². The second kappa shape index (κ2) is 10.3. The average Bonchev–Trinajstić information content (AvgIpc) is 2.76. The van der Waals surface area contributed by atoms with Crippen molar-refractivity contribution < 1.29 is 9.90 Å². The monoisotopic (exact) mass is 406 g/mol. The quantitative estimate of drug-likeness (QED) is 0.321. The molecule has 2 N–H and O–H groups in total. The van der Waals surface area contributed by atoms with Crippen molar-refractivity contribution in [3.63, 3.8) is 0 Å². The molecular weight excluding hydrogens is 380 g/mol. The smallest absolute Gasteiger partial charge is 0.280 e. The van der Waals surface area contributed by atoms with Crippen LogP contribution in [0.4, 0.5) is 0 Å². The number of pyridine rings is 2. The SMILES string of the molecule is CCCCCCCn1c(=O)c(C(=O)N/N=C/c2cccnc2)c(O)c2ccccc21. The molecule has 30 heavy (non-hydrogen) atoms. The molecule has 0 saturated heterocycles. The van der Waals surface area contributed by atoms with E-state index >= 15 is 0 Å². The Morgan fingerprint density at radius 3 is 2.73 bits per heavy atom. The summed E-state index contributed by atoms with van der Waals surface area (Å²) >= 11 is 0. The molecule has 7 heteroatoms. The normalized spacial score (nSPS) is 11.2. The Balaban J connectivity index is 1.88. The second-order valence-electron chi connectivity index (χ2n) is 7.10. The second-order valence-corrected chi connectivity index (χ2v) is 7.10. The van der Waals surface area contributed by atoms with Crippen LogP contribution in [-0.4, -0.2) is 26.8 Å². The van der Waals surface area contributed by atoms with Crippen molar-refractivity contribution in [3.05, 3.63) is 70.3 Å². The van der Waals surface area contributed by atoms with Gasteiger partial charge in [-0.05, 0) is 24.6 Å². The van der Waals surface area contributed by atoms with Crippen molar-refractivity contribution in [1.29, 1.82) is 0 Å². The maximum absolute atomic E-state index is 13.1. The molecule has 3 aromatic rings. The number of nitrogens with zero attached hydrogens (tertiary/aromatic N) is 3. The summed E-state index contributed by atoms with van der Waals surface area (Å²) in [4.78, 5) is 29.7. The Labute approximate surface area is 175 Å². The molecule has 0 aliphatic heterocycles. The van der Waals surface area contributed by atoms with Crippen LogP contribution in [0.25, 0.3) is 10.9 Å². The molecule has 0 radical (unpaired) electrons. The minimum absolute atomic E-state index is 0.300. The number of unbranched alkanes of at least 4 members (excludes halogenated alkanes) is 4. The zero-order chi connectivity index (χ0) is 21.3. The van der Waals surface area contributed by atoms with Gasteiger partial charge in [0.05, 0.1) is 11.7 Å². The molecule has 0 unspecified atom stereocenters. The van der Waals surface area contributed by atoms with Crippen LogP contribution in [0.5, 0.6) is 5.75 Å². The van der Waals surface area contributed by atoms with E-state index in [1.807, 2.05) is 6.07 Å². The molecule has 0 saturated carbocycles. The Bertz CT molecular complexity index is 1090. The summed E-state index contributed by atoms with van der Waals surface area (Å²) < 4.78 is 1.57. The first kappa shape index (κ1) is 21.2. The number of aromatic nitrogens is 2. The number of carbonyl (C=O) groups is 1. The summed E-state index contributed by atoms with van der Waals surface area (Å²) in [6.45, 7) is 2.64. The fourth-order valence-electron chi connectivity index (χ4n) is 3.36. The highest BCUT2D eigenvalue weighted by atomic mass is 16.3. The summed E-state index contributed by atoms with van der Waals surface area (Å²) in [7, 11) is 0. The third-order valence-electron chi connectivity index (χ3n) is 4.92. The van der Waals surface area contributed by atoms with Crippen molar-refractivity contribution in [2.45, 2.75) is 45.6 Å². The van der Waals surface area contributed by atoms with E-state index in [1.54, 1.807) is 47.3 Å². The number of aromatic hydroxyl groups is 1. The van der Waals surface area contributed by atoms with Crippen LogP contribution in [0.1, 0.15) is 54.9 Å². The third-order valence-corrected chi connectivity index (χ3v) is 4.92. The molecule has 3 rings (SSSR count). The van der Waals surface area contributed by atoms with Crippen molar-refractivity contribution in [2.75, 3.05) is 0 Å². The van der Waals surface area contributed by atoms with Gasteiger partial charge in [-0.15, -0.1) is 0 Å². The van der Waals surface area contributed by atoms with E-state index in [-0.39, 0.29) is 11.3 Å². The number of benzene rings is 1. The van der Waals surface area contributed by atoms with Crippen LogP contribution in [0.15, 0.2) is 58.7 Å². The minimum atomic E-state index is -0.747. The van der Waals surface area contributed by atoms with E-state index in [4.69, 9.17) is 0 Å². The van der Waals surface area contributed by atoms with E-state index < -0.39 is 11.5 Å². The molecule has 2 aromatic heterocycles. The van der Waals surface area contributed by atoms with Gasteiger partial charge in [-0.25, -0.2) is 5.43 Å². The lowest BCUT2D eigenvalue weighted by atomic mass is 10.1. The number of fused-ring (bicyclic) bond motifs is 1. The topological polar surface area (TPSA) is 96.6 Å². The maximum Gasteiger partial charge on any atom is 0.280 e. The highest BCUT2D eigenvalue weighted by Gasteiger charge is 2.21. The standard InChI is InChI=1S/C23H26N4O3/c1-2-3-4-5-8-14-27-19-12-7-6-11-18(19)21(28)20(23(27)30)22(29)26-25-16-17-10-9-13-24-15-17/h6-7,9-13,15-16,28H,2-5,8,14H2,1H3,(H,26,29)/b25-16+. The number of nitrogens with one attached hydrogen (secondary N) is 1. The minimum Gasteiger partial charge on any atom is -0.506 e. The molecular formula is C23H26N4O3. The zero-order valence-electron chi connectivity index (χ0n) is 17.0. The number of aryl methyl sites for hydroxylation is 1. The molecule has 0 aliphatic carbocycles. The maximum atomic E-state index is 13.1. The van der Waals surface area contributed by atoms with Crippen molar-refractivity contribution in [3.8, 4) is 5.75 Å². The molecule has 0 spiro atoms. The first-order valence-electron chi connectivity index (χ1n) is 10.2. The Morgan fingerprint density at radius 2 is 1.97 bits per heavy atom. The number of hydrogen-bond donors (Lipinski definition) is 2. The fraction of sp³-hybridized carbons (Fsp3) is 0.304. The Hall–Kier alpha value is -3.48. The van der Waals surface area contributed by atoms with Gasteiger partial charge in [-0.2, -0.15) is 5.10 Å². The van der Waals surface area contributed by atoms with E-state index in [0.29, 0.717) is 23.0 Å². The lowest BCUT2D eigenvalue weighted by Crippen LogP contribution is -2.31. The summed E-state index contributed by atoms with van der Waals surface area (Å²) in [6.07, 6.45) is 9.90. The van der Waals surface area contributed by atoms with E-state index in [2.05, 4.69) is 22.4 Å². The zero-order valence-corrected chi connectivity index (χ0v) is 17.0. The number of hydrogen-bond acceptors (Lipinski definition) is 5. The lowest BCUT2D eigenvalue weighted by molar-refractivity contribution is 0.0950. The van der Waals surface area contributed by atoms with Crippen LogP contribution in [0, 0.1) is 0 Å². The number of carbonyl (C=O) groups excluding carboxylic acids is 1. The van der Waals surface area contributed by atoms with Gasteiger partial charge >= 0.3 is 0 Å². The van der Waals surface area contributed by atoms with Crippen molar-refractivity contribution in [1.82, 2.24) is 15.0 Å². The van der Waals surface area contributed by atoms with E-state index in [1.165, 1.54) is 6.21 Å². The first-order chi connectivity index (χ1) is 14.6. The summed E-state index contributed by atoms with van der Waals surface area (Å²) in [5, 5.41) is 15.0. The summed E-state index contributed by atoms with van der Waals surface area (Å²) in [6, 6.07) is 10.6. The van der Waals surface area contributed by atoms with Gasteiger partial charge in [0.15, 0.2) is 0 Å². The fourth-order valence-corrected chi connectivity index (χ4v) is 3.36. The predicted octanol–water partition coefficient (Wildman–Crippen LogP) is 3.84. The number of amides is 1. The Morgan fingerprint density at radius 1 is 1.17 bits per heavy atom. The number of hydrazone groups is 1. The Kier molecular flexibility index (Phi) is 7.32. The van der Waals surface area contributed by atoms with Gasteiger partial charge in [0, 0.05) is 29.9 Å². The van der Waals surface area contributed by atoms with Gasteiger partial charge in [0.25, 0.3) is 11.5 Å². The third kappa shape index (κ3) is 4.92. The molecule has 156 valence electrons. The van der Waals surface area contributed by atoms with Crippen LogP contribution < -0.4 is 11.0 Å². The molecule has 7 nitrogen and oxygen atoms in total. The van der Waals surface area contributed by atoms with Crippen LogP contribution in [0.2, 0.25) is 0 Å². The van der Waals surface area contributed by atoms with Gasteiger partial charge < -0.3 is 9.67 Å². The molecule has 0 fully saturated rings. The number of rotatable bonds is 9. The van der Waals surface area contributed by atoms with Gasteiger partial charge in [-0.3, -0.25) is 14.6 Å². The summed E-state index contributed by atoms with van der Waals surface area (Å²) in [5.74, 6) is -1.07. The lowest BCUT2D eigenvalue weighted by Gasteiger charge is -2.14. The predicted molar refractivity (Wildman–Crippen MR) is 118 cm³/mol. The molecule has 0 atom stereocenters.